The van der Waals surface area contributed by atoms with E-state index in [1.807, 2.05) is 43.3 Å². The molecule has 0 aliphatic rings. The van der Waals surface area contributed by atoms with E-state index in [-0.39, 0.29) is 5.78 Å². The third-order valence-electron chi connectivity index (χ3n) is 3.30. The predicted octanol–water partition coefficient (Wildman–Crippen LogP) is 5.11. The Labute approximate surface area is 134 Å². The van der Waals surface area contributed by atoms with E-state index in [0.717, 1.165) is 27.8 Å². The van der Waals surface area contributed by atoms with Gasteiger partial charge >= 0.3 is 0 Å². The van der Waals surface area contributed by atoms with E-state index < -0.39 is 0 Å². The van der Waals surface area contributed by atoms with Crippen molar-refractivity contribution in [1.82, 2.24) is 0 Å². The Hall–Kier alpha value is -1.61. The zero-order valence-electron chi connectivity index (χ0n) is 12.4. The number of ketones is 1. The molecule has 0 aliphatic heterocycles. The van der Waals surface area contributed by atoms with Crippen LogP contribution in [0.15, 0.2) is 46.9 Å². The Balaban J connectivity index is 1.79. The van der Waals surface area contributed by atoms with Gasteiger partial charge in [0.2, 0.25) is 0 Å². The SMILES string of the molecule is Cc1ccc(OCCCC(=O)c2ccc(Br)cc2)c(C)c1. The molecule has 0 aromatic heterocycles. The van der Waals surface area contributed by atoms with Crippen molar-refractivity contribution < 1.29 is 9.53 Å². The van der Waals surface area contributed by atoms with Crippen LogP contribution in [0.25, 0.3) is 0 Å². The molecule has 0 heterocycles. The van der Waals surface area contributed by atoms with Gasteiger partial charge in [-0.15, -0.1) is 0 Å². The molecule has 21 heavy (non-hydrogen) atoms. The van der Waals surface area contributed by atoms with Gasteiger partial charge in [-0.1, -0.05) is 45.8 Å². The lowest BCUT2D eigenvalue weighted by atomic mass is 10.1. The summed E-state index contributed by atoms with van der Waals surface area (Å²) in [6.45, 7) is 4.66. The molecule has 0 aliphatic carbocycles. The Kier molecular flexibility index (Phi) is 5.57. The molecule has 2 aromatic carbocycles. The highest BCUT2D eigenvalue weighted by Gasteiger charge is 2.06. The lowest BCUT2D eigenvalue weighted by Gasteiger charge is -2.09. The average Bonchev–Trinajstić information content (AvgIpc) is 2.46. The number of carbonyl (C=O) groups is 1. The van der Waals surface area contributed by atoms with Gasteiger partial charge in [0, 0.05) is 16.5 Å². The molecule has 3 heteroatoms. The van der Waals surface area contributed by atoms with Crippen molar-refractivity contribution in [3.8, 4) is 5.75 Å². The van der Waals surface area contributed by atoms with E-state index in [1.165, 1.54) is 5.56 Å². The molecule has 0 fully saturated rings. The van der Waals surface area contributed by atoms with Crippen molar-refractivity contribution in [1.29, 1.82) is 0 Å². The second-order valence-electron chi connectivity index (χ2n) is 5.15. The Morgan fingerprint density at radius 2 is 1.81 bits per heavy atom. The van der Waals surface area contributed by atoms with Gasteiger partial charge < -0.3 is 4.74 Å². The molecule has 0 saturated heterocycles. The van der Waals surface area contributed by atoms with Gasteiger partial charge in [-0.2, -0.15) is 0 Å². The van der Waals surface area contributed by atoms with Crippen LogP contribution in [-0.4, -0.2) is 12.4 Å². The normalized spacial score (nSPS) is 10.4. The third kappa shape index (κ3) is 4.71. The number of aryl methyl sites for hydroxylation is 2. The molecule has 2 nitrogen and oxygen atoms in total. The number of benzene rings is 2. The number of halogens is 1. The van der Waals surface area contributed by atoms with Crippen LogP contribution in [0, 0.1) is 13.8 Å². The molecule has 0 spiro atoms. The van der Waals surface area contributed by atoms with Crippen LogP contribution in [0.4, 0.5) is 0 Å². The summed E-state index contributed by atoms with van der Waals surface area (Å²) >= 11 is 3.36. The van der Waals surface area contributed by atoms with Gasteiger partial charge in [-0.3, -0.25) is 4.79 Å². The minimum atomic E-state index is 0.159. The van der Waals surface area contributed by atoms with Gasteiger partial charge in [-0.05, 0) is 44.0 Å². The number of carbonyl (C=O) groups excluding carboxylic acids is 1. The van der Waals surface area contributed by atoms with Crippen LogP contribution < -0.4 is 4.74 Å². The Morgan fingerprint density at radius 3 is 2.48 bits per heavy atom. The van der Waals surface area contributed by atoms with Gasteiger partial charge in [0.25, 0.3) is 0 Å². The molecule has 0 saturated carbocycles. The molecule has 0 N–H and O–H groups in total. The van der Waals surface area contributed by atoms with Crippen LogP contribution in [0.3, 0.4) is 0 Å². The Morgan fingerprint density at radius 1 is 1.10 bits per heavy atom. The lowest BCUT2D eigenvalue weighted by Crippen LogP contribution is -2.04. The second kappa shape index (κ2) is 7.41. The Bertz CT molecular complexity index is 618. The van der Waals surface area contributed by atoms with Crippen LogP contribution in [0.5, 0.6) is 5.75 Å². The third-order valence-corrected chi connectivity index (χ3v) is 3.83. The van der Waals surface area contributed by atoms with Crippen molar-refractivity contribution in [3.05, 3.63) is 63.6 Å². The monoisotopic (exact) mass is 346 g/mol. The number of ether oxygens (including phenoxy) is 1. The smallest absolute Gasteiger partial charge is 0.163 e. The first-order valence-corrected chi connectivity index (χ1v) is 7.84. The largest absolute Gasteiger partial charge is 0.493 e. The molecular weight excluding hydrogens is 328 g/mol. The highest BCUT2D eigenvalue weighted by molar-refractivity contribution is 9.10. The molecule has 0 bridgehead atoms. The number of rotatable bonds is 6. The van der Waals surface area contributed by atoms with Crippen molar-refractivity contribution in [2.45, 2.75) is 26.7 Å². The molecule has 0 radical (unpaired) electrons. The number of hydrogen-bond donors (Lipinski definition) is 0. The average molecular weight is 347 g/mol. The van der Waals surface area contributed by atoms with E-state index in [4.69, 9.17) is 4.74 Å². The van der Waals surface area contributed by atoms with E-state index in [1.54, 1.807) is 0 Å². The summed E-state index contributed by atoms with van der Waals surface area (Å²) in [4.78, 5) is 12.0. The topological polar surface area (TPSA) is 26.3 Å². The van der Waals surface area contributed by atoms with Gasteiger partial charge in [0.1, 0.15) is 5.75 Å². The van der Waals surface area contributed by atoms with Crippen molar-refractivity contribution in [3.63, 3.8) is 0 Å². The zero-order chi connectivity index (χ0) is 15.2. The summed E-state index contributed by atoms with van der Waals surface area (Å²) in [7, 11) is 0. The maximum Gasteiger partial charge on any atom is 0.163 e. The number of Topliss-reactive ketones (excluding diaryl/α,β-unsaturated/α-hetero) is 1. The standard InChI is InChI=1S/C18H19BrO2/c1-13-5-10-18(14(2)12-13)21-11-3-4-17(20)15-6-8-16(19)9-7-15/h5-10,12H,3-4,11H2,1-2H3. The molecule has 2 aromatic rings. The maximum absolute atomic E-state index is 12.0. The summed E-state index contributed by atoms with van der Waals surface area (Å²) < 4.78 is 6.72. The molecule has 0 amide bonds. The fraction of sp³-hybridized carbons (Fsp3) is 0.278. The van der Waals surface area contributed by atoms with E-state index in [0.29, 0.717) is 13.0 Å². The molecule has 2 rings (SSSR count). The van der Waals surface area contributed by atoms with E-state index in [2.05, 4.69) is 28.9 Å². The van der Waals surface area contributed by atoms with E-state index in [9.17, 15) is 4.79 Å². The van der Waals surface area contributed by atoms with Crippen LogP contribution in [-0.2, 0) is 0 Å². The molecule has 0 atom stereocenters. The van der Waals surface area contributed by atoms with E-state index >= 15 is 0 Å². The van der Waals surface area contributed by atoms with Crippen molar-refractivity contribution >= 4 is 21.7 Å². The van der Waals surface area contributed by atoms with Crippen LogP contribution in [0.1, 0.15) is 34.3 Å². The first-order valence-electron chi connectivity index (χ1n) is 7.05. The zero-order valence-corrected chi connectivity index (χ0v) is 13.9. The summed E-state index contributed by atoms with van der Waals surface area (Å²) in [6, 6.07) is 13.6. The predicted molar refractivity (Wildman–Crippen MR) is 89.1 cm³/mol. The van der Waals surface area contributed by atoms with Crippen LogP contribution in [0.2, 0.25) is 0 Å². The minimum Gasteiger partial charge on any atom is -0.493 e. The maximum atomic E-state index is 12.0. The highest BCUT2D eigenvalue weighted by atomic mass is 79.9. The summed E-state index contributed by atoms with van der Waals surface area (Å²) in [5.41, 5.74) is 3.12. The summed E-state index contributed by atoms with van der Waals surface area (Å²) in [6.07, 6.45) is 1.23. The lowest BCUT2D eigenvalue weighted by molar-refractivity contribution is 0.0973. The van der Waals surface area contributed by atoms with Crippen molar-refractivity contribution in [2.24, 2.45) is 0 Å². The van der Waals surface area contributed by atoms with Gasteiger partial charge in [-0.25, -0.2) is 0 Å². The first-order chi connectivity index (χ1) is 10.1. The quantitative estimate of drug-likeness (QED) is 0.536. The second-order valence-corrected chi connectivity index (χ2v) is 6.07. The van der Waals surface area contributed by atoms with Crippen LogP contribution >= 0.6 is 15.9 Å². The highest BCUT2D eigenvalue weighted by Crippen LogP contribution is 2.19. The summed E-state index contributed by atoms with van der Waals surface area (Å²) in [5, 5.41) is 0. The minimum absolute atomic E-state index is 0.159. The van der Waals surface area contributed by atoms with Gasteiger partial charge in [0.05, 0.1) is 6.61 Å². The fourth-order valence-electron chi connectivity index (χ4n) is 2.16. The van der Waals surface area contributed by atoms with Gasteiger partial charge in [0.15, 0.2) is 5.78 Å². The molecular formula is C18H19BrO2. The molecule has 0 unspecified atom stereocenters. The van der Waals surface area contributed by atoms with Crippen molar-refractivity contribution in [2.75, 3.05) is 6.61 Å². The first kappa shape index (κ1) is 15.8. The number of hydrogen-bond acceptors (Lipinski definition) is 2. The summed E-state index contributed by atoms with van der Waals surface area (Å²) in [5.74, 6) is 1.06. The molecule has 110 valence electrons. The fourth-order valence-corrected chi connectivity index (χ4v) is 2.42.